The predicted molar refractivity (Wildman–Crippen MR) is 65.3 cm³/mol. The van der Waals surface area contributed by atoms with Crippen LogP contribution in [0.1, 0.15) is 26.2 Å². The first kappa shape index (κ1) is 12.3. The molecule has 94 valence electrons. The highest BCUT2D eigenvalue weighted by molar-refractivity contribution is 4.80. The number of halogens is 1. The first-order chi connectivity index (χ1) is 7.65. The van der Waals surface area contributed by atoms with Crippen molar-refractivity contribution in [2.75, 3.05) is 39.8 Å². The van der Waals surface area contributed by atoms with Crippen LogP contribution in [0.2, 0.25) is 0 Å². The van der Waals surface area contributed by atoms with Crippen LogP contribution in [0.5, 0.6) is 0 Å². The molecule has 0 spiro atoms. The van der Waals surface area contributed by atoms with E-state index in [9.17, 15) is 4.39 Å². The second kappa shape index (κ2) is 5.46. The quantitative estimate of drug-likeness (QED) is 0.713. The summed E-state index contributed by atoms with van der Waals surface area (Å²) in [5.41, 5.74) is 0. The summed E-state index contributed by atoms with van der Waals surface area (Å²) in [5.74, 6) is 1.07. The zero-order valence-corrected chi connectivity index (χ0v) is 10.7. The lowest BCUT2D eigenvalue weighted by Gasteiger charge is -2.37. The van der Waals surface area contributed by atoms with E-state index >= 15 is 0 Å². The van der Waals surface area contributed by atoms with Gasteiger partial charge in [0.05, 0.1) is 0 Å². The summed E-state index contributed by atoms with van der Waals surface area (Å²) in [4.78, 5) is 4.74. The van der Waals surface area contributed by atoms with Gasteiger partial charge < -0.3 is 9.80 Å². The Morgan fingerprint density at radius 3 is 2.44 bits per heavy atom. The van der Waals surface area contributed by atoms with Gasteiger partial charge in [0, 0.05) is 13.1 Å². The number of nitrogens with zero attached hydrogens (tertiary/aromatic N) is 2. The van der Waals surface area contributed by atoms with Crippen LogP contribution in [0.25, 0.3) is 0 Å². The molecule has 1 unspecified atom stereocenters. The standard InChI is InChI=1S/C13H25FN2/c1-11-3-8-16(10-13(11)14)9-12-4-6-15(2)7-5-12/h11-13H,3-10H2,1-2H3/t11?,13-/m0/s1. The number of rotatable bonds is 2. The molecule has 2 aliphatic rings. The molecule has 16 heavy (non-hydrogen) atoms. The lowest BCUT2D eigenvalue weighted by atomic mass is 9.93. The Morgan fingerprint density at radius 1 is 1.12 bits per heavy atom. The molecule has 2 fully saturated rings. The Bertz CT molecular complexity index is 214. The molecule has 2 rings (SSSR count). The van der Waals surface area contributed by atoms with Crippen molar-refractivity contribution in [2.24, 2.45) is 11.8 Å². The van der Waals surface area contributed by atoms with Crippen molar-refractivity contribution >= 4 is 0 Å². The Kier molecular flexibility index (Phi) is 4.20. The third kappa shape index (κ3) is 3.17. The van der Waals surface area contributed by atoms with Crippen molar-refractivity contribution in [2.45, 2.75) is 32.4 Å². The van der Waals surface area contributed by atoms with Crippen LogP contribution in [0.15, 0.2) is 0 Å². The van der Waals surface area contributed by atoms with Crippen LogP contribution in [-0.4, -0.2) is 55.7 Å². The lowest BCUT2D eigenvalue weighted by molar-refractivity contribution is 0.0706. The molecule has 0 aromatic carbocycles. The minimum Gasteiger partial charge on any atom is -0.306 e. The number of hydrogen-bond acceptors (Lipinski definition) is 2. The topological polar surface area (TPSA) is 6.48 Å². The Hall–Kier alpha value is -0.150. The van der Waals surface area contributed by atoms with Crippen molar-refractivity contribution in [3.8, 4) is 0 Å². The molecule has 0 aliphatic carbocycles. The average molecular weight is 228 g/mol. The minimum atomic E-state index is -0.597. The lowest BCUT2D eigenvalue weighted by Crippen LogP contribution is -2.44. The maximum absolute atomic E-state index is 13.6. The molecule has 2 saturated heterocycles. The number of alkyl halides is 1. The van der Waals surface area contributed by atoms with Crippen LogP contribution in [0.3, 0.4) is 0 Å². The van der Waals surface area contributed by atoms with E-state index in [0.29, 0.717) is 6.54 Å². The third-order valence-electron chi connectivity index (χ3n) is 4.31. The molecule has 0 amide bonds. The fourth-order valence-corrected chi connectivity index (χ4v) is 2.86. The molecule has 0 aromatic rings. The summed E-state index contributed by atoms with van der Waals surface area (Å²) in [6, 6.07) is 0. The van der Waals surface area contributed by atoms with Gasteiger partial charge in [-0.1, -0.05) is 6.92 Å². The van der Waals surface area contributed by atoms with Gasteiger partial charge in [-0.05, 0) is 57.8 Å². The van der Waals surface area contributed by atoms with Crippen molar-refractivity contribution in [1.29, 1.82) is 0 Å². The zero-order valence-electron chi connectivity index (χ0n) is 10.7. The van der Waals surface area contributed by atoms with Gasteiger partial charge in [0.15, 0.2) is 0 Å². The highest BCUT2D eigenvalue weighted by Crippen LogP contribution is 2.23. The number of piperidine rings is 2. The van der Waals surface area contributed by atoms with Gasteiger partial charge in [-0.15, -0.1) is 0 Å². The van der Waals surface area contributed by atoms with E-state index in [1.807, 2.05) is 6.92 Å². The fraction of sp³-hybridized carbons (Fsp3) is 1.00. The van der Waals surface area contributed by atoms with E-state index < -0.39 is 6.17 Å². The maximum atomic E-state index is 13.6. The van der Waals surface area contributed by atoms with Gasteiger partial charge in [0.2, 0.25) is 0 Å². The molecule has 2 aliphatic heterocycles. The molecule has 2 nitrogen and oxygen atoms in total. The third-order valence-corrected chi connectivity index (χ3v) is 4.31. The smallest absolute Gasteiger partial charge is 0.115 e. The second-order valence-corrected chi connectivity index (χ2v) is 5.79. The molecule has 0 radical (unpaired) electrons. The van der Waals surface area contributed by atoms with Crippen LogP contribution < -0.4 is 0 Å². The van der Waals surface area contributed by atoms with Gasteiger partial charge in [0.25, 0.3) is 0 Å². The SMILES string of the molecule is CC1CCN(CC2CCN(C)CC2)C[C@@H]1F. The number of likely N-dealkylation sites (tertiary alicyclic amines) is 2. The first-order valence-corrected chi connectivity index (χ1v) is 6.70. The van der Waals surface area contributed by atoms with E-state index in [2.05, 4.69) is 16.8 Å². The molecule has 0 N–H and O–H groups in total. The van der Waals surface area contributed by atoms with E-state index in [1.54, 1.807) is 0 Å². The Morgan fingerprint density at radius 2 is 1.81 bits per heavy atom. The largest absolute Gasteiger partial charge is 0.306 e. The van der Waals surface area contributed by atoms with Crippen LogP contribution in [0.4, 0.5) is 4.39 Å². The molecule has 3 heteroatoms. The Balaban J connectivity index is 1.73. The zero-order chi connectivity index (χ0) is 11.5. The summed E-state index contributed by atoms with van der Waals surface area (Å²) in [5, 5.41) is 0. The average Bonchev–Trinajstić information content (AvgIpc) is 2.27. The van der Waals surface area contributed by atoms with Gasteiger partial charge in [-0.25, -0.2) is 4.39 Å². The summed E-state index contributed by atoms with van der Waals surface area (Å²) < 4.78 is 13.6. The van der Waals surface area contributed by atoms with E-state index in [0.717, 1.165) is 25.4 Å². The van der Waals surface area contributed by atoms with E-state index in [-0.39, 0.29) is 5.92 Å². The molecule has 2 atom stereocenters. The highest BCUT2D eigenvalue weighted by Gasteiger charge is 2.27. The molecule has 0 aromatic heterocycles. The normalized spacial score (nSPS) is 35.4. The van der Waals surface area contributed by atoms with Gasteiger partial charge >= 0.3 is 0 Å². The Labute approximate surface area is 98.8 Å². The summed E-state index contributed by atoms with van der Waals surface area (Å²) >= 11 is 0. The minimum absolute atomic E-state index is 0.272. The van der Waals surface area contributed by atoms with Crippen LogP contribution in [0, 0.1) is 11.8 Å². The molecular weight excluding hydrogens is 203 g/mol. The van der Waals surface area contributed by atoms with E-state index in [1.165, 1.54) is 25.9 Å². The maximum Gasteiger partial charge on any atom is 0.115 e. The predicted octanol–water partition coefficient (Wildman–Crippen LogP) is 2.01. The van der Waals surface area contributed by atoms with Crippen LogP contribution in [-0.2, 0) is 0 Å². The monoisotopic (exact) mass is 228 g/mol. The van der Waals surface area contributed by atoms with Crippen molar-refractivity contribution in [3.63, 3.8) is 0 Å². The molecule has 0 bridgehead atoms. The fourth-order valence-electron chi connectivity index (χ4n) is 2.86. The molecular formula is C13H25FN2. The summed E-state index contributed by atoms with van der Waals surface area (Å²) in [7, 11) is 2.19. The molecule has 2 heterocycles. The van der Waals surface area contributed by atoms with Crippen LogP contribution >= 0.6 is 0 Å². The van der Waals surface area contributed by atoms with E-state index in [4.69, 9.17) is 0 Å². The van der Waals surface area contributed by atoms with Gasteiger partial charge in [0.1, 0.15) is 6.17 Å². The van der Waals surface area contributed by atoms with Crippen molar-refractivity contribution < 1.29 is 4.39 Å². The highest BCUT2D eigenvalue weighted by atomic mass is 19.1. The first-order valence-electron chi connectivity index (χ1n) is 6.70. The van der Waals surface area contributed by atoms with Crippen molar-refractivity contribution in [1.82, 2.24) is 9.80 Å². The van der Waals surface area contributed by atoms with Gasteiger partial charge in [-0.3, -0.25) is 0 Å². The molecule has 0 saturated carbocycles. The second-order valence-electron chi connectivity index (χ2n) is 5.79. The van der Waals surface area contributed by atoms with Crippen molar-refractivity contribution in [3.05, 3.63) is 0 Å². The summed E-state index contributed by atoms with van der Waals surface area (Å²) in [6.45, 7) is 7.38. The summed E-state index contributed by atoms with van der Waals surface area (Å²) in [6.07, 6.45) is 3.02. The number of hydrogen-bond donors (Lipinski definition) is 0. The van der Waals surface area contributed by atoms with Gasteiger partial charge in [-0.2, -0.15) is 0 Å².